The van der Waals surface area contributed by atoms with Crippen LogP contribution in [0.2, 0.25) is 0 Å². The highest BCUT2D eigenvalue weighted by molar-refractivity contribution is 5.79. The number of amides is 1. The van der Waals surface area contributed by atoms with Gasteiger partial charge in [-0.05, 0) is 6.08 Å². The van der Waals surface area contributed by atoms with Gasteiger partial charge in [0.1, 0.15) is 6.17 Å². The molecule has 0 spiro atoms. The van der Waals surface area contributed by atoms with E-state index < -0.39 is 18.0 Å². The first-order valence-electron chi connectivity index (χ1n) is 3.96. The number of carbonyl (C=O) groups is 1. The molecule has 2 rings (SSSR count). The number of hydrogen-bond acceptors (Lipinski definition) is 1. The Morgan fingerprint density at radius 1 is 1.50 bits per heavy atom. The van der Waals surface area contributed by atoms with Crippen LogP contribution < -0.4 is 5.32 Å². The summed E-state index contributed by atoms with van der Waals surface area (Å²) in [6.45, 7) is 0. The van der Waals surface area contributed by atoms with Crippen LogP contribution in [0.5, 0.6) is 0 Å². The van der Waals surface area contributed by atoms with Crippen molar-refractivity contribution in [2.75, 3.05) is 0 Å². The lowest BCUT2D eigenvalue weighted by Gasteiger charge is -2.24. The topological polar surface area (TPSA) is 29.1 Å². The van der Waals surface area contributed by atoms with E-state index in [9.17, 15) is 13.6 Å². The highest BCUT2D eigenvalue weighted by Gasteiger charge is 2.40. The van der Waals surface area contributed by atoms with E-state index in [1.165, 1.54) is 6.08 Å². The lowest BCUT2D eigenvalue weighted by molar-refractivity contribution is -0.119. The van der Waals surface area contributed by atoms with Crippen molar-refractivity contribution in [2.45, 2.75) is 25.1 Å². The third kappa shape index (κ3) is 1.11. The minimum Gasteiger partial charge on any atom is -0.350 e. The lowest BCUT2D eigenvalue weighted by Crippen LogP contribution is -2.39. The summed E-state index contributed by atoms with van der Waals surface area (Å²) in [5, 5.41) is 2.50. The zero-order valence-electron chi connectivity index (χ0n) is 6.39. The maximum atomic E-state index is 13.1. The summed E-state index contributed by atoms with van der Waals surface area (Å²) in [6, 6.07) is -0.489. The van der Waals surface area contributed by atoms with Crippen molar-refractivity contribution < 1.29 is 13.6 Å². The molecule has 1 heterocycles. The average molecular weight is 173 g/mol. The van der Waals surface area contributed by atoms with Gasteiger partial charge in [-0.3, -0.25) is 4.79 Å². The van der Waals surface area contributed by atoms with Gasteiger partial charge in [-0.2, -0.15) is 0 Å². The van der Waals surface area contributed by atoms with E-state index in [2.05, 4.69) is 5.32 Å². The Balaban J connectivity index is 2.22. The first-order valence-corrected chi connectivity index (χ1v) is 3.96. The lowest BCUT2D eigenvalue weighted by atomic mass is 9.89. The standard InChI is InChI=1S/C8H9F2NO/c9-5-1-4-2-7(12)11-8(4)6(10)3-5/h1,4,6,8H,2-3H2,(H,11,12)/t4-,6+,8-/m1/s1. The Bertz CT molecular complexity index is 251. The molecule has 1 N–H and O–H groups in total. The highest BCUT2D eigenvalue weighted by atomic mass is 19.1. The van der Waals surface area contributed by atoms with Crippen LogP contribution in [0.4, 0.5) is 8.78 Å². The smallest absolute Gasteiger partial charge is 0.221 e. The van der Waals surface area contributed by atoms with Crippen LogP contribution in [-0.2, 0) is 4.79 Å². The zero-order chi connectivity index (χ0) is 8.72. The van der Waals surface area contributed by atoms with Crippen molar-refractivity contribution in [1.29, 1.82) is 0 Å². The molecule has 4 heteroatoms. The van der Waals surface area contributed by atoms with Crippen LogP contribution in [-0.4, -0.2) is 18.1 Å². The summed E-state index contributed by atoms with van der Waals surface area (Å²) in [5.74, 6) is -0.889. The maximum Gasteiger partial charge on any atom is 0.221 e. The number of halogens is 2. The van der Waals surface area contributed by atoms with Crippen LogP contribution in [0, 0.1) is 5.92 Å². The van der Waals surface area contributed by atoms with Gasteiger partial charge in [0, 0.05) is 18.8 Å². The third-order valence-corrected chi connectivity index (χ3v) is 2.38. The van der Waals surface area contributed by atoms with Gasteiger partial charge in [0.2, 0.25) is 5.91 Å². The summed E-state index contributed by atoms with van der Waals surface area (Å²) in [7, 11) is 0. The van der Waals surface area contributed by atoms with Gasteiger partial charge >= 0.3 is 0 Å². The summed E-state index contributed by atoms with van der Waals surface area (Å²) in [6.07, 6.45) is 0.130. The number of nitrogens with one attached hydrogen (secondary N) is 1. The Hall–Kier alpha value is -0.930. The van der Waals surface area contributed by atoms with Gasteiger partial charge in [-0.1, -0.05) is 0 Å². The minimum atomic E-state index is -1.26. The highest BCUT2D eigenvalue weighted by Crippen LogP contribution is 2.32. The van der Waals surface area contributed by atoms with Crippen LogP contribution in [0.1, 0.15) is 12.8 Å². The molecule has 0 aromatic heterocycles. The fourth-order valence-electron chi connectivity index (χ4n) is 1.83. The van der Waals surface area contributed by atoms with Gasteiger partial charge in [0.05, 0.1) is 11.9 Å². The average Bonchev–Trinajstić information content (AvgIpc) is 2.29. The second kappa shape index (κ2) is 2.54. The van der Waals surface area contributed by atoms with E-state index in [0.29, 0.717) is 0 Å². The molecule has 0 saturated carbocycles. The normalized spacial score (nSPS) is 40.3. The molecule has 66 valence electrons. The second-order valence-electron chi connectivity index (χ2n) is 3.29. The van der Waals surface area contributed by atoms with Crippen molar-refractivity contribution in [3.63, 3.8) is 0 Å². The van der Waals surface area contributed by atoms with Gasteiger partial charge in [0.15, 0.2) is 0 Å². The van der Waals surface area contributed by atoms with Gasteiger partial charge < -0.3 is 5.32 Å². The molecule has 0 unspecified atom stereocenters. The molecule has 0 bridgehead atoms. The maximum absolute atomic E-state index is 13.1. The predicted octanol–water partition coefficient (Wildman–Crippen LogP) is 1.09. The molecule has 0 aromatic carbocycles. The monoisotopic (exact) mass is 173 g/mol. The van der Waals surface area contributed by atoms with E-state index in [0.717, 1.165) is 0 Å². The molecule has 0 radical (unpaired) electrons. The summed E-state index contributed by atoms with van der Waals surface area (Å²) in [5.41, 5.74) is 0. The molecule has 1 fully saturated rings. The number of carbonyl (C=O) groups excluding carboxylic acids is 1. The van der Waals surface area contributed by atoms with Crippen LogP contribution >= 0.6 is 0 Å². The van der Waals surface area contributed by atoms with E-state index in [1.54, 1.807) is 0 Å². The molecule has 12 heavy (non-hydrogen) atoms. The largest absolute Gasteiger partial charge is 0.350 e. The Labute approximate surface area is 68.6 Å². The summed E-state index contributed by atoms with van der Waals surface area (Å²) in [4.78, 5) is 10.8. The number of rotatable bonds is 0. The van der Waals surface area contributed by atoms with Gasteiger partial charge in [-0.25, -0.2) is 8.78 Å². The molecular weight excluding hydrogens is 164 g/mol. The van der Waals surface area contributed by atoms with Crippen molar-refractivity contribution in [3.05, 3.63) is 11.9 Å². The molecule has 1 amide bonds. The number of fused-ring (bicyclic) bond motifs is 1. The predicted molar refractivity (Wildman–Crippen MR) is 38.7 cm³/mol. The minimum absolute atomic E-state index is 0.182. The molecular formula is C8H9F2NO. The molecule has 2 nitrogen and oxygen atoms in total. The third-order valence-electron chi connectivity index (χ3n) is 2.38. The Morgan fingerprint density at radius 2 is 2.25 bits per heavy atom. The Morgan fingerprint density at radius 3 is 3.00 bits per heavy atom. The fraction of sp³-hybridized carbons (Fsp3) is 0.625. The second-order valence-corrected chi connectivity index (χ2v) is 3.29. The molecule has 2 aliphatic rings. The van der Waals surface area contributed by atoms with Crippen LogP contribution in [0.15, 0.2) is 11.9 Å². The molecule has 1 aliphatic heterocycles. The molecule has 0 aromatic rings. The quantitative estimate of drug-likeness (QED) is 0.583. The van der Waals surface area contributed by atoms with Crippen molar-refractivity contribution in [3.8, 4) is 0 Å². The van der Waals surface area contributed by atoms with Gasteiger partial charge in [0.25, 0.3) is 0 Å². The van der Waals surface area contributed by atoms with E-state index in [-0.39, 0.29) is 24.7 Å². The van der Waals surface area contributed by atoms with Crippen LogP contribution in [0.3, 0.4) is 0 Å². The first-order chi connectivity index (χ1) is 5.66. The molecule has 1 aliphatic carbocycles. The van der Waals surface area contributed by atoms with E-state index >= 15 is 0 Å². The zero-order valence-corrected chi connectivity index (χ0v) is 6.39. The Kier molecular flexibility index (Phi) is 1.63. The van der Waals surface area contributed by atoms with E-state index in [4.69, 9.17) is 0 Å². The van der Waals surface area contributed by atoms with Crippen molar-refractivity contribution in [2.24, 2.45) is 5.92 Å². The number of hydrogen-bond donors (Lipinski definition) is 1. The first kappa shape index (κ1) is 7.71. The van der Waals surface area contributed by atoms with E-state index in [1.807, 2.05) is 0 Å². The van der Waals surface area contributed by atoms with Gasteiger partial charge in [-0.15, -0.1) is 0 Å². The number of alkyl halides is 1. The summed E-state index contributed by atoms with van der Waals surface area (Å²) < 4.78 is 25.7. The van der Waals surface area contributed by atoms with Crippen LogP contribution in [0.25, 0.3) is 0 Å². The van der Waals surface area contributed by atoms with Crippen molar-refractivity contribution >= 4 is 5.91 Å². The summed E-state index contributed by atoms with van der Waals surface area (Å²) >= 11 is 0. The SMILES string of the molecule is O=C1C[C@H]2C=C(F)C[C@H](F)[C@@H]2N1. The molecule has 3 atom stereocenters. The van der Waals surface area contributed by atoms with Crippen molar-refractivity contribution in [1.82, 2.24) is 5.32 Å². The molecule has 1 saturated heterocycles. The fourth-order valence-corrected chi connectivity index (χ4v) is 1.83. The number of allylic oxidation sites excluding steroid dienone is 1.